The molecule has 1 aliphatic rings. The molecule has 0 radical (unpaired) electrons. The van der Waals surface area contributed by atoms with E-state index >= 15 is 0 Å². The fourth-order valence-corrected chi connectivity index (χ4v) is 2.96. The van der Waals surface area contributed by atoms with E-state index < -0.39 is 0 Å². The molecule has 0 saturated carbocycles. The predicted octanol–water partition coefficient (Wildman–Crippen LogP) is 3.11. The normalized spacial score (nSPS) is 15.6. The lowest BCUT2D eigenvalue weighted by molar-refractivity contribution is 0.235. The molecule has 0 spiro atoms. The first kappa shape index (κ1) is 20.4. The maximum Gasteiger partial charge on any atom is 0.191 e. The van der Waals surface area contributed by atoms with Gasteiger partial charge in [0.2, 0.25) is 0 Å². The molecule has 1 aliphatic heterocycles. The second kappa shape index (κ2) is 10.3. The zero-order valence-electron chi connectivity index (χ0n) is 14.9. The molecule has 6 heteroatoms. The molecule has 2 aromatic rings. The SMILES string of the molecule is CN=C(NCCCc1ccc(O)cc1)NCC1Cc2ccccc2O1.I. The lowest BCUT2D eigenvalue weighted by Crippen LogP contribution is -2.42. The molecule has 0 aromatic heterocycles. The van der Waals surface area contributed by atoms with Crippen LogP contribution in [0.2, 0.25) is 0 Å². The van der Waals surface area contributed by atoms with Gasteiger partial charge in [-0.2, -0.15) is 0 Å². The number of rotatable bonds is 6. The third kappa shape index (κ3) is 5.79. The van der Waals surface area contributed by atoms with Crippen LogP contribution in [0, 0.1) is 0 Å². The second-order valence-corrected chi connectivity index (χ2v) is 6.20. The van der Waals surface area contributed by atoms with Gasteiger partial charge in [-0.1, -0.05) is 30.3 Å². The summed E-state index contributed by atoms with van der Waals surface area (Å²) in [4.78, 5) is 4.26. The summed E-state index contributed by atoms with van der Waals surface area (Å²) in [5.74, 6) is 2.10. The number of phenols is 1. The zero-order chi connectivity index (χ0) is 17.5. The topological polar surface area (TPSA) is 65.9 Å². The number of nitrogens with one attached hydrogen (secondary N) is 2. The summed E-state index contributed by atoms with van der Waals surface area (Å²) >= 11 is 0. The number of aryl methyl sites for hydroxylation is 1. The summed E-state index contributed by atoms with van der Waals surface area (Å²) in [6.45, 7) is 1.57. The highest BCUT2D eigenvalue weighted by atomic mass is 127. The van der Waals surface area contributed by atoms with Crippen LogP contribution >= 0.6 is 24.0 Å². The molecule has 0 fully saturated rings. The van der Waals surface area contributed by atoms with Gasteiger partial charge in [-0.05, 0) is 42.2 Å². The van der Waals surface area contributed by atoms with Crippen LogP contribution in [0.4, 0.5) is 0 Å². The van der Waals surface area contributed by atoms with E-state index in [1.807, 2.05) is 30.3 Å². The Hall–Kier alpha value is -1.96. The van der Waals surface area contributed by atoms with E-state index in [9.17, 15) is 5.11 Å². The van der Waals surface area contributed by atoms with E-state index in [1.165, 1.54) is 11.1 Å². The Kier molecular flexibility index (Phi) is 8.03. The van der Waals surface area contributed by atoms with Crippen LogP contribution in [0.25, 0.3) is 0 Å². The monoisotopic (exact) mass is 467 g/mol. The highest BCUT2D eigenvalue weighted by Crippen LogP contribution is 2.27. The summed E-state index contributed by atoms with van der Waals surface area (Å²) in [7, 11) is 1.78. The van der Waals surface area contributed by atoms with Gasteiger partial charge in [-0.15, -0.1) is 24.0 Å². The summed E-state index contributed by atoms with van der Waals surface area (Å²) in [5.41, 5.74) is 2.49. The molecule has 1 unspecified atom stereocenters. The van der Waals surface area contributed by atoms with Crippen molar-refractivity contribution < 1.29 is 9.84 Å². The Morgan fingerprint density at radius 3 is 2.65 bits per heavy atom. The molecule has 0 amide bonds. The molecular weight excluding hydrogens is 441 g/mol. The van der Waals surface area contributed by atoms with E-state index in [0.717, 1.165) is 44.1 Å². The molecule has 1 heterocycles. The van der Waals surface area contributed by atoms with E-state index in [2.05, 4.69) is 21.7 Å². The molecule has 3 N–H and O–H groups in total. The van der Waals surface area contributed by atoms with Gasteiger partial charge in [-0.3, -0.25) is 4.99 Å². The highest BCUT2D eigenvalue weighted by molar-refractivity contribution is 14.0. The number of halogens is 1. The van der Waals surface area contributed by atoms with Gasteiger partial charge in [0, 0.05) is 20.0 Å². The predicted molar refractivity (Wildman–Crippen MR) is 116 cm³/mol. The number of guanidine groups is 1. The van der Waals surface area contributed by atoms with Crippen molar-refractivity contribution in [3.63, 3.8) is 0 Å². The maximum atomic E-state index is 9.29. The third-order valence-electron chi connectivity index (χ3n) is 4.31. The number of phenolic OH excluding ortho intramolecular Hbond substituents is 1. The number of nitrogens with zero attached hydrogens (tertiary/aromatic N) is 1. The van der Waals surface area contributed by atoms with Gasteiger partial charge in [0.25, 0.3) is 0 Å². The standard InChI is InChI=1S/C20H25N3O2.HI/c1-21-20(22-12-4-5-15-8-10-17(24)11-9-15)23-14-18-13-16-6-2-3-7-19(16)25-18;/h2-3,6-11,18,24H,4-5,12-14H2,1H3,(H2,21,22,23);1H. The van der Waals surface area contributed by atoms with Crippen LogP contribution in [0.15, 0.2) is 53.5 Å². The number of ether oxygens (including phenoxy) is 1. The van der Waals surface area contributed by atoms with E-state index in [4.69, 9.17) is 4.74 Å². The Labute approximate surface area is 171 Å². The van der Waals surface area contributed by atoms with E-state index in [-0.39, 0.29) is 30.1 Å². The Morgan fingerprint density at radius 2 is 1.92 bits per heavy atom. The van der Waals surface area contributed by atoms with Crippen molar-refractivity contribution in [2.24, 2.45) is 4.99 Å². The fourth-order valence-electron chi connectivity index (χ4n) is 2.96. The fraction of sp³-hybridized carbons (Fsp3) is 0.350. The maximum absolute atomic E-state index is 9.29. The smallest absolute Gasteiger partial charge is 0.191 e. The lowest BCUT2D eigenvalue weighted by atomic mass is 10.1. The van der Waals surface area contributed by atoms with Crippen LogP contribution in [0.5, 0.6) is 11.5 Å². The van der Waals surface area contributed by atoms with Gasteiger partial charge in [0.1, 0.15) is 17.6 Å². The van der Waals surface area contributed by atoms with Crippen molar-refractivity contribution in [3.8, 4) is 11.5 Å². The Morgan fingerprint density at radius 1 is 1.15 bits per heavy atom. The number of aliphatic imine (C=N–C) groups is 1. The number of fused-ring (bicyclic) bond motifs is 1. The molecule has 2 aromatic carbocycles. The van der Waals surface area contributed by atoms with Gasteiger partial charge >= 0.3 is 0 Å². The number of benzene rings is 2. The first-order valence-corrected chi connectivity index (χ1v) is 8.71. The average molecular weight is 467 g/mol. The molecule has 26 heavy (non-hydrogen) atoms. The number of hydrogen-bond acceptors (Lipinski definition) is 3. The lowest BCUT2D eigenvalue weighted by Gasteiger charge is -2.15. The second-order valence-electron chi connectivity index (χ2n) is 6.20. The average Bonchev–Trinajstić information content (AvgIpc) is 3.05. The van der Waals surface area contributed by atoms with Crippen molar-refractivity contribution in [2.45, 2.75) is 25.4 Å². The molecule has 0 bridgehead atoms. The minimum atomic E-state index is 0. The van der Waals surface area contributed by atoms with E-state index in [1.54, 1.807) is 19.2 Å². The number of hydrogen-bond donors (Lipinski definition) is 3. The van der Waals surface area contributed by atoms with Crippen LogP contribution in [-0.4, -0.2) is 37.3 Å². The Balaban J connectivity index is 0.00000243. The van der Waals surface area contributed by atoms with Gasteiger partial charge in [0.05, 0.1) is 6.54 Å². The molecule has 0 aliphatic carbocycles. The molecule has 5 nitrogen and oxygen atoms in total. The first-order valence-electron chi connectivity index (χ1n) is 8.71. The van der Waals surface area contributed by atoms with Gasteiger partial charge in [-0.25, -0.2) is 0 Å². The number of para-hydroxylation sites is 1. The van der Waals surface area contributed by atoms with E-state index in [0.29, 0.717) is 5.75 Å². The highest BCUT2D eigenvalue weighted by Gasteiger charge is 2.22. The van der Waals surface area contributed by atoms with Crippen molar-refractivity contribution in [3.05, 3.63) is 59.7 Å². The minimum absolute atomic E-state index is 0. The largest absolute Gasteiger partial charge is 0.508 e. The molecule has 3 rings (SSSR count). The van der Waals surface area contributed by atoms with Gasteiger partial charge < -0.3 is 20.5 Å². The summed E-state index contributed by atoms with van der Waals surface area (Å²) < 4.78 is 5.93. The third-order valence-corrected chi connectivity index (χ3v) is 4.31. The van der Waals surface area contributed by atoms with Crippen LogP contribution in [0.3, 0.4) is 0 Å². The van der Waals surface area contributed by atoms with Gasteiger partial charge in [0.15, 0.2) is 5.96 Å². The quantitative estimate of drug-likeness (QED) is 0.265. The van der Waals surface area contributed by atoms with Crippen molar-refractivity contribution >= 4 is 29.9 Å². The summed E-state index contributed by atoms with van der Waals surface area (Å²) in [5, 5.41) is 16.0. The molecule has 1 atom stereocenters. The molecule has 0 saturated heterocycles. The van der Waals surface area contributed by atoms with Crippen molar-refractivity contribution in [1.82, 2.24) is 10.6 Å². The van der Waals surface area contributed by atoms with Crippen LogP contribution in [0.1, 0.15) is 17.5 Å². The van der Waals surface area contributed by atoms with Crippen molar-refractivity contribution in [2.75, 3.05) is 20.1 Å². The number of aromatic hydroxyl groups is 1. The minimum Gasteiger partial charge on any atom is -0.508 e. The first-order chi connectivity index (χ1) is 12.2. The van der Waals surface area contributed by atoms with Crippen molar-refractivity contribution in [1.29, 1.82) is 0 Å². The summed E-state index contributed by atoms with van der Waals surface area (Å²) in [6, 6.07) is 15.5. The zero-order valence-corrected chi connectivity index (χ0v) is 17.3. The molecular formula is C20H26IN3O2. The molecule has 140 valence electrons. The Bertz CT molecular complexity index is 694. The van der Waals surface area contributed by atoms with Crippen LogP contribution in [-0.2, 0) is 12.8 Å². The summed E-state index contributed by atoms with van der Waals surface area (Å²) in [6.07, 6.45) is 3.04. The van der Waals surface area contributed by atoms with Crippen LogP contribution < -0.4 is 15.4 Å².